The zero-order valence-corrected chi connectivity index (χ0v) is 12.1. The van der Waals surface area contributed by atoms with Crippen LogP contribution in [0, 0.1) is 5.41 Å². The maximum atomic E-state index is 12.3. The van der Waals surface area contributed by atoms with Crippen molar-refractivity contribution in [2.45, 2.75) is 33.7 Å². The van der Waals surface area contributed by atoms with Crippen molar-refractivity contribution < 1.29 is 14.3 Å². The van der Waals surface area contributed by atoms with Gasteiger partial charge in [0.2, 0.25) is 11.8 Å². The molecule has 1 aromatic rings. The molecule has 5 heteroatoms. The number of nitrogens with two attached hydrogens (primary N) is 1. The van der Waals surface area contributed by atoms with Crippen LogP contribution in [0.4, 0.5) is 5.69 Å². The number of hydrogen-bond donors (Lipinski definition) is 1. The van der Waals surface area contributed by atoms with Crippen molar-refractivity contribution in [3.05, 3.63) is 23.8 Å². The molecule has 1 aliphatic heterocycles. The molecular formula is C15H20N2O3. The highest BCUT2D eigenvalue weighted by Crippen LogP contribution is 2.36. The first kappa shape index (κ1) is 14.5. The third-order valence-corrected chi connectivity index (χ3v) is 3.45. The molecule has 0 bridgehead atoms. The summed E-state index contributed by atoms with van der Waals surface area (Å²) in [5.41, 5.74) is 6.41. The third-order valence-electron chi connectivity index (χ3n) is 3.45. The van der Waals surface area contributed by atoms with E-state index < -0.39 is 5.41 Å². The molecule has 5 nitrogen and oxygen atoms in total. The van der Waals surface area contributed by atoms with Gasteiger partial charge in [-0.3, -0.25) is 14.5 Å². The van der Waals surface area contributed by atoms with E-state index in [2.05, 4.69) is 0 Å². The van der Waals surface area contributed by atoms with Crippen molar-refractivity contribution >= 4 is 17.5 Å². The second-order valence-corrected chi connectivity index (χ2v) is 5.52. The highest BCUT2D eigenvalue weighted by Gasteiger charge is 2.45. The summed E-state index contributed by atoms with van der Waals surface area (Å²) in [6, 6.07) is 5.23. The number of benzene rings is 1. The Morgan fingerprint density at radius 1 is 1.35 bits per heavy atom. The van der Waals surface area contributed by atoms with Crippen molar-refractivity contribution in [3.8, 4) is 5.75 Å². The van der Waals surface area contributed by atoms with Gasteiger partial charge >= 0.3 is 0 Å². The van der Waals surface area contributed by atoms with Crippen LogP contribution >= 0.6 is 0 Å². The maximum absolute atomic E-state index is 12.3. The molecule has 2 N–H and O–H groups in total. The Hall–Kier alpha value is -1.88. The van der Waals surface area contributed by atoms with Crippen LogP contribution in [0.1, 0.15) is 32.8 Å². The van der Waals surface area contributed by atoms with E-state index in [1.54, 1.807) is 32.0 Å². The number of imide groups is 1. The Balaban J connectivity index is 2.39. The van der Waals surface area contributed by atoms with Gasteiger partial charge in [0.15, 0.2) is 0 Å². The normalized spacial score (nSPS) is 17.7. The molecule has 0 aliphatic carbocycles. The van der Waals surface area contributed by atoms with E-state index in [-0.39, 0.29) is 18.2 Å². The number of nitrogens with zero attached hydrogens (tertiary/aromatic N) is 1. The number of carbonyl (C=O) groups excluding carboxylic acids is 2. The lowest BCUT2D eigenvalue weighted by Crippen LogP contribution is -2.33. The van der Waals surface area contributed by atoms with Crippen LogP contribution in [0.25, 0.3) is 0 Å². The first-order valence-electron chi connectivity index (χ1n) is 6.74. The summed E-state index contributed by atoms with van der Waals surface area (Å²) in [6.45, 7) is 6.30. The predicted octanol–water partition coefficient (Wildman–Crippen LogP) is 1.83. The summed E-state index contributed by atoms with van der Waals surface area (Å²) in [5.74, 6) is 0.346. The van der Waals surface area contributed by atoms with Crippen molar-refractivity contribution in [2.24, 2.45) is 11.1 Å². The summed E-state index contributed by atoms with van der Waals surface area (Å²) in [7, 11) is 0. The zero-order chi connectivity index (χ0) is 14.9. The van der Waals surface area contributed by atoms with E-state index in [1.165, 1.54) is 4.90 Å². The largest absolute Gasteiger partial charge is 0.494 e. The average molecular weight is 276 g/mol. The minimum atomic E-state index is -0.640. The lowest BCUT2D eigenvalue weighted by Gasteiger charge is -2.19. The molecule has 1 heterocycles. The second-order valence-electron chi connectivity index (χ2n) is 5.52. The molecule has 0 unspecified atom stereocenters. The lowest BCUT2D eigenvalue weighted by atomic mass is 9.92. The van der Waals surface area contributed by atoms with E-state index in [9.17, 15) is 9.59 Å². The van der Waals surface area contributed by atoms with Crippen LogP contribution in [0.2, 0.25) is 0 Å². The molecule has 0 aromatic heterocycles. The van der Waals surface area contributed by atoms with Gasteiger partial charge in [-0.05, 0) is 25.1 Å². The topological polar surface area (TPSA) is 72.6 Å². The molecule has 0 atom stereocenters. The minimum Gasteiger partial charge on any atom is -0.494 e. The van der Waals surface area contributed by atoms with Crippen molar-refractivity contribution in [2.75, 3.05) is 11.5 Å². The molecule has 2 rings (SSSR count). The molecule has 1 aromatic carbocycles. The molecule has 2 amide bonds. The Morgan fingerprint density at radius 3 is 2.55 bits per heavy atom. The average Bonchev–Trinajstić information content (AvgIpc) is 2.59. The fraction of sp³-hybridized carbons (Fsp3) is 0.467. The fourth-order valence-corrected chi connectivity index (χ4v) is 2.37. The summed E-state index contributed by atoms with van der Waals surface area (Å²) in [5, 5.41) is 0. The molecular weight excluding hydrogens is 256 g/mol. The molecule has 108 valence electrons. The summed E-state index contributed by atoms with van der Waals surface area (Å²) in [6.07, 6.45) is 0.233. The van der Waals surface area contributed by atoms with Gasteiger partial charge in [0.05, 0.1) is 17.7 Å². The molecule has 0 spiro atoms. The van der Waals surface area contributed by atoms with Crippen LogP contribution in [0.15, 0.2) is 18.2 Å². The van der Waals surface area contributed by atoms with E-state index in [0.29, 0.717) is 24.6 Å². The number of anilines is 1. The van der Waals surface area contributed by atoms with E-state index in [1.807, 2.05) is 6.92 Å². The van der Waals surface area contributed by atoms with Crippen LogP contribution in [0.5, 0.6) is 5.75 Å². The summed E-state index contributed by atoms with van der Waals surface area (Å²) < 4.78 is 5.47. The Bertz CT molecular complexity index is 552. The Kier molecular flexibility index (Phi) is 3.81. The van der Waals surface area contributed by atoms with Gasteiger partial charge in [-0.25, -0.2) is 0 Å². The molecule has 1 saturated heterocycles. The first-order chi connectivity index (χ1) is 9.40. The van der Waals surface area contributed by atoms with Crippen molar-refractivity contribution in [3.63, 3.8) is 0 Å². The monoisotopic (exact) mass is 276 g/mol. The first-order valence-corrected chi connectivity index (χ1v) is 6.74. The highest BCUT2D eigenvalue weighted by atomic mass is 16.5. The smallest absolute Gasteiger partial charge is 0.239 e. The SMILES string of the molecule is CCOc1ccc(N2C(=O)CC(C)(C)C2=O)cc1CN. The summed E-state index contributed by atoms with van der Waals surface area (Å²) in [4.78, 5) is 25.6. The lowest BCUT2D eigenvalue weighted by molar-refractivity contribution is -0.124. The predicted molar refractivity (Wildman–Crippen MR) is 76.4 cm³/mol. The van der Waals surface area contributed by atoms with Gasteiger partial charge < -0.3 is 10.5 Å². The highest BCUT2D eigenvalue weighted by molar-refractivity contribution is 6.22. The summed E-state index contributed by atoms with van der Waals surface area (Å²) >= 11 is 0. The van der Waals surface area contributed by atoms with Crippen molar-refractivity contribution in [1.29, 1.82) is 0 Å². The zero-order valence-electron chi connectivity index (χ0n) is 12.1. The number of hydrogen-bond acceptors (Lipinski definition) is 4. The van der Waals surface area contributed by atoms with Gasteiger partial charge in [-0.2, -0.15) is 0 Å². The van der Waals surface area contributed by atoms with Gasteiger partial charge in [0, 0.05) is 18.5 Å². The molecule has 0 saturated carbocycles. The van der Waals surface area contributed by atoms with Gasteiger partial charge in [0.1, 0.15) is 5.75 Å². The van der Waals surface area contributed by atoms with E-state index in [4.69, 9.17) is 10.5 Å². The van der Waals surface area contributed by atoms with Crippen LogP contribution < -0.4 is 15.4 Å². The number of amides is 2. The quantitative estimate of drug-likeness (QED) is 0.852. The Labute approximate surface area is 118 Å². The number of rotatable bonds is 4. The number of carbonyl (C=O) groups is 2. The van der Waals surface area contributed by atoms with Gasteiger partial charge in [-0.15, -0.1) is 0 Å². The van der Waals surface area contributed by atoms with Crippen molar-refractivity contribution in [1.82, 2.24) is 0 Å². The van der Waals surface area contributed by atoms with Crippen LogP contribution in [0.3, 0.4) is 0 Å². The second kappa shape index (κ2) is 5.25. The maximum Gasteiger partial charge on any atom is 0.239 e. The molecule has 20 heavy (non-hydrogen) atoms. The third kappa shape index (κ3) is 2.41. The van der Waals surface area contributed by atoms with E-state index in [0.717, 1.165) is 5.56 Å². The minimum absolute atomic E-state index is 0.172. The fourth-order valence-electron chi connectivity index (χ4n) is 2.37. The van der Waals surface area contributed by atoms with Crippen LogP contribution in [-0.4, -0.2) is 18.4 Å². The standard InChI is InChI=1S/C15H20N2O3/c1-4-20-12-6-5-11(7-10(12)9-16)17-13(18)8-15(2,3)14(17)19/h5-7H,4,8-9,16H2,1-3H3. The van der Waals surface area contributed by atoms with Gasteiger partial charge in [-0.1, -0.05) is 13.8 Å². The van der Waals surface area contributed by atoms with Crippen LogP contribution in [-0.2, 0) is 16.1 Å². The van der Waals surface area contributed by atoms with E-state index >= 15 is 0 Å². The molecule has 1 fully saturated rings. The molecule has 1 aliphatic rings. The molecule has 0 radical (unpaired) electrons. The Morgan fingerprint density at radius 2 is 2.05 bits per heavy atom. The number of ether oxygens (including phenoxy) is 1. The van der Waals surface area contributed by atoms with Gasteiger partial charge in [0.25, 0.3) is 0 Å².